The minimum absolute atomic E-state index is 0.0739. The maximum atomic E-state index is 12.0. The van der Waals surface area contributed by atoms with E-state index in [9.17, 15) is 9.59 Å². The molecule has 0 aliphatic rings. The van der Waals surface area contributed by atoms with Crippen molar-refractivity contribution in [1.29, 1.82) is 0 Å². The van der Waals surface area contributed by atoms with Gasteiger partial charge in [0.05, 0.1) is 0 Å². The Morgan fingerprint density at radius 3 is 2.52 bits per heavy atom. The van der Waals surface area contributed by atoms with Gasteiger partial charge in [-0.2, -0.15) is 0 Å². The van der Waals surface area contributed by atoms with Gasteiger partial charge in [-0.05, 0) is 30.5 Å². The lowest BCUT2D eigenvalue weighted by Crippen LogP contribution is -2.17. The van der Waals surface area contributed by atoms with Gasteiger partial charge in [0.25, 0.3) is 0 Å². The molecule has 6 nitrogen and oxygen atoms in total. The molecule has 134 valence electrons. The molecule has 0 fully saturated rings. The number of benzene rings is 1. The number of hydrogen-bond donors (Lipinski definition) is 2. The Kier molecular flexibility index (Phi) is 6.90. The predicted molar refractivity (Wildman–Crippen MR) is 101 cm³/mol. The molecule has 1 aromatic carbocycles. The van der Waals surface area contributed by atoms with Crippen molar-refractivity contribution in [2.24, 2.45) is 5.92 Å². The largest absolute Gasteiger partial charge is 0.326 e. The standard InChI is InChI=1S/C17H21ClN4O2S/c1-10(2)9-16-21-22-17(25-16)20-15(24)8-7-14(23)19-13-6-4-5-12(18)11(13)3/h4-6,10H,7-9H2,1-3H3,(H,19,23)(H,20,22,24). The molecule has 0 spiro atoms. The Balaban J connectivity index is 1.80. The van der Waals surface area contributed by atoms with Crippen LogP contribution in [0.4, 0.5) is 10.8 Å². The zero-order valence-electron chi connectivity index (χ0n) is 14.4. The van der Waals surface area contributed by atoms with Crippen LogP contribution < -0.4 is 10.6 Å². The maximum absolute atomic E-state index is 12.0. The summed E-state index contributed by atoms with van der Waals surface area (Å²) in [6, 6.07) is 5.30. The topological polar surface area (TPSA) is 84.0 Å². The molecule has 0 radical (unpaired) electrons. The average Bonchev–Trinajstić information content (AvgIpc) is 2.96. The number of nitrogens with one attached hydrogen (secondary N) is 2. The summed E-state index contributed by atoms with van der Waals surface area (Å²) >= 11 is 7.38. The second kappa shape index (κ2) is 8.92. The first-order valence-corrected chi connectivity index (χ1v) is 9.21. The molecule has 0 unspecified atom stereocenters. The van der Waals surface area contributed by atoms with Crippen LogP contribution in [0.25, 0.3) is 0 Å². The van der Waals surface area contributed by atoms with Crippen LogP contribution in [0.2, 0.25) is 5.02 Å². The van der Waals surface area contributed by atoms with Crippen molar-refractivity contribution in [3.8, 4) is 0 Å². The van der Waals surface area contributed by atoms with Gasteiger partial charge in [0.15, 0.2) is 0 Å². The van der Waals surface area contributed by atoms with Crippen LogP contribution in [-0.2, 0) is 16.0 Å². The summed E-state index contributed by atoms with van der Waals surface area (Å²) in [6.07, 6.45) is 0.981. The molecule has 0 aliphatic carbocycles. The average molecular weight is 381 g/mol. The third-order valence-corrected chi connectivity index (χ3v) is 4.69. The minimum Gasteiger partial charge on any atom is -0.326 e. The van der Waals surface area contributed by atoms with E-state index in [1.54, 1.807) is 18.2 Å². The summed E-state index contributed by atoms with van der Waals surface area (Å²) < 4.78 is 0. The summed E-state index contributed by atoms with van der Waals surface area (Å²) in [5, 5.41) is 15.4. The SMILES string of the molecule is Cc1c(Cl)cccc1NC(=O)CCC(=O)Nc1nnc(CC(C)C)s1. The second-order valence-electron chi connectivity index (χ2n) is 6.11. The molecule has 2 rings (SSSR count). The van der Waals surface area contributed by atoms with E-state index in [1.165, 1.54) is 11.3 Å². The Morgan fingerprint density at radius 2 is 1.84 bits per heavy atom. The van der Waals surface area contributed by atoms with Crippen LogP contribution in [-0.4, -0.2) is 22.0 Å². The van der Waals surface area contributed by atoms with Crippen LogP contribution in [0.3, 0.4) is 0 Å². The third-order valence-electron chi connectivity index (χ3n) is 3.42. The van der Waals surface area contributed by atoms with Gasteiger partial charge < -0.3 is 10.6 Å². The quantitative estimate of drug-likeness (QED) is 0.758. The molecule has 0 atom stereocenters. The summed E-state index contributed by atoms with van der Waals surface area (Å²) in [4.78, 5) is 23.9. The predicted octanol–water partition coefficient (Wildman–Crippen LogP) is 4.06. The van der Waals surface area contributed by atoms with Gasteiger partial charge in [-0.1, -0.05) is 42.9 Å². The lowest BCUT2D eigenvalue weighted by molar-refractivity contribution is -0.121. The number of rotatable bonds is 7. The van der Waals surface area contributed by atoms with Crippen LogP contribution in [0.15, 0.2) is 18.2 Å². The first kappa shape index (κ1) is 19.3. The van der Waals surface area contributed by atoms with Crippen molar-refractivity contribution >= 4 is 45.6 Å². The van der Waals surface area contributed by atoms with Crippen molar-refractivity contribution in [2.45, 2.75) is 40.0 Å². The number of halogens is 1. The molecule has 2 aromatic rings. The van der Waals surface area contributed by atoms with Gasteiger partial charge in [0.2, 0.25) is 16.9 Å². The van der Waals surface area contributed by atoms with Crippen LogP contribution in [0.5, 0.6) is 0 Å². The van der Waals surface area contributed by atoms with E-state index in [0.717, 1.165) is 17.0 Å². The second-order valence-corrected chi connectivity index (χ2v) is 7.58. The highest BCUT2D eigenvalue weighted by molar-refractivity contribution is 7.15. The molecule has 0 aliphatic heterocycles. The van der Waals surface area contributed by atoms with Crippen molar-refractivity contribution in [2.75, 3.05) is 10.6 Å². The lowest BCUT2D eigenvalue weighted by Gasteiger charge is -2.09. The number of carbonyl (C=O) groups is 2. The molecular weight excluding hydrogens is 360 g/mol. The van der Waals surface area contributed by atoms with E-state index in [0.29, 0.717) is 21.8 Å². The molecular formula is C17H21ClN4O2S. The van der Waals surface area contributed by atoms with Gasteiger partial charge in [-0.15, -0.1) is 10.2 Å². The summed E-state index contributed by atoms with van der Waals surface area (Å²) in [7, 11) is 0. The zero-order valence-corrected chi connectivity index (χ0v) is 16.0. The summed E-state index contributed by atoms with van der Waals surface area (Å²) in [5.41, 5.74) is 1.45. The summed E-state index contributed by atoms with van der Waals surface area (Å²) in [6.45, 7) is 6.02. The van der Waals surface area contributed by atoms with Gasteiger partial charge >= 0.3 is 0 Å². The van der Waals surface area contributed by atoms with E-state index in [4.69, 9.17) is 11.6 Å². The molecule has 0 saturated heterocycles. The molecule has 1 heterocycles. The van der Waals surface area contributed by atoms with E-state index in [2.05, 4.69) is 34.7 Å². The van der Waals surface area contributed by atoms with Gasteiger partial charge in [-0.3, -0.25) is 9.59 Å². The van der Waals surface area contributed by atoms with Crippen molar-refractivity contribution in [1.82, 2.24) is 10.2 Å². The molecule has 2 N–H and O–H groups in total. The van der Waals surface area contributed by atoms with Crippen LogP contribution in [0, 0.1) is 12.8 Å². The fourth-order valence-corrected chi connectivity index (χ4v) is 3.24. The monoisotopic (exact) mass is 380 g/mol. The van der Waals surface area contributed by atoms with Crippen LogP contribution >= 0.6 is 22.9 Å². The Labute approximate surface area is 156 Å². The first-order valence-electron chi connectivity index (χ1n) is 8.02. The number of amides is 2. The normalized spacial score (nSPS) is 10.8. The first-order chi connectivity index (χ1) is 11.8. The van der Waals surface area contributed by atoms with Crippen molar-refractivity contribution in [3.05, 3.63) is 33.8 Å². The maximum Gasteiger partial charge on any atom is 0.226 e. The Bertz CT molecular complexity index is 761. The smallest absolute Gasteiger partial charge is 0.226 e. The van der Waals surface area contributed by atoms with Crippen molar-refractivity contribution < 1.29 is 9.59 Å². The molecule has 0 bridgehead atoms. The molecule has 25 heavy (non-hydrogen) atoms. The van der Waals surface area contributed by atoms with E-state index >= 15 is 0 Å². The van der Waals surface area contributed by atoms with Gasteiger partial charge in [0, 0.05) is 30.0 Å². The zero-order chi connectivity index (χ0) is 18.4. The number of carbonyl (C=O) groups excluding carboxylic acids is 2. The number of nitrogens with zero attached hydrogens (tertiary/aromatic N) is 2. The number of hydrogen-bond acceptors (Lipinski definition) is 5. The lowest BCUT2D eigenvalue weighted by atomic mass is 10.1. The minimum atomic E-state index is -0.259. The van der Waals surface area contributed by atoms with E-state index in [1.807, 2.05) is 6.92 Å². The van der Waals surface area contributed by atoms with Gasteiger partial charge in [-0.25, -0.2) is 0 Å². The molecule has 8 heteroatoms. The highest BCUT2D eigenvalue weighted by Gasteiger charge is 2.12. The fraction of sp³-hybridized carbons (Fsp3) is 0.412. The van der Waals surface area contributed by atoms with Crippen LogP contribution in [0.1, 0.15) is 37.3 Å². The number of anilines is 2. The highest BCUT2D eigenvalue weighted by Crippen LogP contribution is 2.23. The molecule has 1 aromatic heterocycles. The molecule has 0 saturated carbocycles. The third kappa shape index (κ3) is 6.10. The van der Waals surface area contributed by atoms with E-state index in [-0.39, 0.29) is 24.7 Å². The summed E-state index contributed by atoms with van der Waals surface area (Å²) in [5.74, 6) is -0.0152. The Morgan fingerprint density at radius 1 is 1.16 bits per heavy atom. The fourth-order valence-electron chi connectivity index (χ4n) is 2.10. The Hall–Kier alpha value is -1.99. The van der Waals surface area contributed by atoms with E-state index < -0.39 is 0 Å². The number of aromatic nitrogens is 2. The molecule has 2 amide bonds. The van der Waals surface area contributed by atoms with Gasteiger partial charge in [0.1, 0.15) is 5.01 Å². The highest BCUT2D eigenvalue weighted by atomic mass is 35.5. The van der Waals surface area contributed by atoms with Crippen molar-refractivity contribution in [3.63, 3.8) is 0 Å².